The van der Waals surface area contributed by atoms with Crippen molar-refractivity contribution in [3.63, 3.8) is 0 Å². The number of anilines is 1. The molecule has 158 valence electrons. The summed E-state index contributed by atoms with van der Waals surface area (Å²) in [7, 11) is 0. The van der Waals surface area contributed by atoms with Gasteiger partial charge in [0.05, 0.1) is 34.7 Å². The SMILES string of the molecule is CC1(C)CCc2sc(-c3cc(C#N)ccc3N3CCC[C@H]3CON)c(C(=O)O)c2C1. The summed E-state index contributed by atoms with van der Waals surface area (Å²) < 4.78 is 0. The molecule has 0 unspecified atom stereocenters. The number of nitrogens with two attached hydrogens (primary N) is 1. The van der Waals surface area contributed by atoms with Crippen molar-refractivity contribution in [2.75, 3.05) is 18.1 Å². The molecule has 3 N–H and O–H groups in total. The van der Waals surface area contributed by atoms with Crippen LogP contribution in [0, 0.1) is 16.7 Å². The van der Waals surface area contributed by atoms with Gasteiger partial charge in [-0.05, 0) is 61.3 Å². The number of fused-ring (bicyclic) bond motifs is 1. The van der Waals surface area contributed by atoms with Gasteiger partial charge in [-0.2, -0.15) is 5.26 Å². The Morgan fingerprint density at radius 3 is 2.97 bits per heavy atom. The molecule has 0 amide bonds. The topological polar surface area (TPSA) is 99.6 Å². The van der Waals surface area contributed by atoms with Gasteiger partial charge in [0.2, 0.25) is 0 Å². The molecule has 0 spiro atoms. The van der Waals surface area contributed by atoms with Crippen LogP contribution < -0.4 is 10.8 Å². The number of aryl methyl sites for hydroxylation is 1. The molecule has 7 heteroatoms. The highest BCUT2D eigenvalue weighted by Gasteiger charge is 2.35. The lowest BCUT2D eigenvalue weighted by Gasteiger charge is -2.29. The number of rotatable bonds is 5. The molecule has 1 fully saturated rings. The van der Waals surface area contributed by atoms with E-state index < -0.39 is 5.97 Å². The van der Waals surface area contributed by atoms with Gasteiger partial charge in [-0.3, -0.25) is 0 Å². The van der Waals surface area contributed by atoms with Gasteiger partial charge in [0, 0.05) is 22.7 Å². The molecule has 1 aromatic heterocycles. The number of nitrogens with zero attached hydrogens (tertiary/aromatic N) is 2. The zero-order valence-corrected chi connectivity index (χ0v) is 18.2. The molecular formula is C23H27N3O3S. The van der Waals surface area contributed by atoms with Crippen LogP contribution in [0.5, 0.6) is 0 Å². The molecule has 0 radical (unpaired) electrons. The van der Waals surface area contributed by atoms with E-state index in [1.54, 1.807) is 17.4 Å². The third kappa shape index (κ3) is 3.71. The molecule has 2 heterocycles. The largest absolute Gasteiger partial charge is 0.478 e. The zero-order valence-electron chi connectivity index (χ0n) is 17.4. The van der Waals surface area contributed by atoms with Crippen LogP contribution in [0.3, 0.4) is 0 Å². The summed E-state index contributed by atoms with van der Waals surface area (Å²) in [5, 5.41) is 19.7. The maximum absolute atomic E-state index is 12.4. The number of carbonyl (C=O) groups is 1. The zero-order chi connectivity index (χ0) is 21.5. The smallest absolute Gasteiger partial charge is 0.337 e. The first kappa shape index (κ1) is 20.9. The Hall–Kier alpha value is -2.40. The fourth-order valence-electron chi connectivity index (χ4n) is 4.81. The van der Waals surface area contributed by atoms with E-state index in [2.05, 4.69) is 24.8 Å². The lowest BCUT2D eigenvalue weighted by molar-refractivity contribution is 0.0696. The first-order valence-corrected chi connectivity index (χ1v) is 11.2. The minimum Gasteiger partial charge on any atom is -0.478 e. The molecule has 2 aromatic rings. The highest BCUT2D eigenvalue weighted by molar-refractivity contribution is 7.16. The van der Waals surface area contributed by atoms with Gasteiger partial charge in [-0.25, -0.2) is 10.7 Å². The van der Waals surface area contributed by atoms with Gasteiger partial charge < -0.3 is 14.8 Å². The number of benzene rings is 1. The molecule has 1 aliphatic heterocycles. The average Bonchev–Trinajstić information content (AvgIpc) is 3.31. The van der Waals surface area contributed by atoms with Gasteiger partial charge in [0.15, 0.2) is 0 Å². The molecule has 1 aromatic carbocycles. The Kier molecular flexibility index (Phi) is 5.58. The summed E-state index contributed by atoms with van der Waals surface area (Å²) in [4.78, 5) is 21.5. The number of nitriles is 1. The molecule has 6 nitrogen and oxygen atoms in total. The number of carboxylic acid groups (broad SMARTS) is 1. The molecular weight excluding hydrogens is 398 g/mol. The molecule has 0 bridgehead atoms. The third-order valence-corrected chi connectivity index (χ3v) is 7.66. The van der Waals surface area contributed by atoms with Gasteiger partial charge in [-0.1, -0.05) is 13.8 Å². The number of carboxylic acids is 1. The van der Waals surface area contributed by atoms with Crippen LogP contribution in [0.2, 0.25) is 0 Å². The van der Waals surface area contributed by atoms with Crippen molar-refractivity contribution in [1.82, 2.24) is 0 Å². The number of hydrogen-bond donors (Lipinski definition) is 2. The van der Waals surface area contributed by atoms with E-state index in [4.69, 9.17) is 10.7 Å². The minimum absolute atomic E-state index is 0.0887. The van der Waals surface area contributed by atoms with Crippen LogP contribution in [-0.2, 0) is 17.7 Å². The summed E-state index contributed by atoms with van der Waals surface area (Å²) in [6.45, 7) is 5.67. The van der Waals surface area contributed by atoms with Gasteiger partial charge in [0.25, 0.3) is 0 Å². The first-order valence-electron chi connectivity index (χ1n) is 10.4. The maximum Gasteiger partial charge on any atom is 0.337 e. The van der Waals surface area contributed by atoms with Crippen LogP contribution in [-0.4, -0.2) is 30.3 Å². The molecule has 0 saturated carbocycles. The lowest BCUT2D eigenvalue weighted by Crippen LogP contribution is -2.34. The Bertz CT molecular complexity index is 1020. The Morgan fingerprint density at radius 2 is 2.27 bits per heavy atom. The van der Waals surface area contributed by atoms with E-state index in [-0.39, 0.29) is 11.5 Å². The minimum atomic E-state index is -0.892. The van der Waals surface area contributed by atoms with Crippen molar-refractivity contribution in [3.05, 3.63) is 39.8 Å². The highest BCUT2D eigenvalue weighted by atomic mass is 32.1. The van der Waals surface area contributed by atoms with Crippen molar-refractivity contribution in [2.45, 2.75) is 52.0 Å². The summed E-state index contributed by atoms with van der Waals surface area (Å²) >= 11 is 1.58. The van der Waals surface area contributed by atoms with E-state index in [0.29, 0.717) is 17.7 Å². The molecule has 1 atom stereocenters. The maximum atomic E-state index is 12.4. The van der Waals surface area contributed by atoms with Crippen LogP contribution in [0.25, 0.3) is 10.4 Å². The quantitative estimate of drug-likeness (QED) is 0.691. The third-order valence-electron chi connectivity index (χ3n) is 6.33. The molecule has 1 aliphatic carbocycles. The van der Waals surface area contributed by atoms with Crippen LogP contribution in [0.15, 0.2) is 18.2 Å². The predicted molar refractivity (Wildman–Crippen MR) is 118 cm³/mol. The summed E-state index contributed by atoms with van der Waals surface area (Å²) in [5.74, 6) is 4.46. The number of aromatic carboxylic acids is 1. The monoisotopic (exact) mass is 425 g/mol. The Labute approximate surface area is 180 Å². The highest BCUT2D eigenvalue weighted by Crippen LogP contribution is 2.48. The second-order valence-electron chi connectivity index (χ2n) is 9.02. The molecule has 4 rings (SSSR count). The van der Waals surface area contributed by atoms with E-state index >= 15 is 0 Å². The van der Waals surface area contributed by atoms with Crippen molar-refractivity contribution in [1.29, 1.82) is 5.26 Å². The van der Waals surface area contributed by atoms with Gasteiger partial charge in [-0.15, -0.1) is 11.3 Å². The second-order valence-corrected chi connectivity index (χ2v) is 10.1. The second kappa shape index (κ2) is 8.03. The standard InChI is InChI=1S/C23H27N3O3S/c1-23(2)8-7-19-17(11-23)20(22(27)28)21(30-19)16-10-14(12-24)5-6-18(16)26-9-3-4-15(26)13-29-25/h5-6,10,15H,3-4,7-9,11,13,25H2,1-2H3,(H,27,28)/t15-/m0/s1. The Morgan fingerprint density at radius 1 is 1.47 bits per heavy atom. The normalized spacial score (nSPS) is 20.1. The van der Waals surface area contributed by atoms with Crippen molar-refractivity contribution in [3.8, 4) is 16.5 Å². The lowest BCUT2D eigenvalue weighted by atomic mass is 9.76. The summed E-state index contributed by atoms with van der Waals surface area (Å²) in [5.41, 5.74) is 3.77. The van der Waals surface area contributed by atoms with Crippen LogP contribution in [0.1, 0.15) is 59.5 Å². The molecule has 2 aliphatic rings. The van der Waals surface area contributed by atoms with Crippen molar-refractivity contribution in [2.24, 2.45) is 11.3 Å². The van der Waals surface area contributed by atoms with Crippen LogP contribution >= 0.6 is 11.3 Å². The number of hydrogen-bond acceptors (Lipinski definition) is 6. The van der Waals surface area contributed by atoms with E-state index in [1.807, 2.05) is 12.1 Å². The fourth-order valence-corrected chi connectivity index (χ4v) is 6.14. The van der Waals surface area contributed by atoms with Crippen molar-refractivity contribution < 1.29 is 14.7 Å². The summed E-state index contributed by atoms with van der Waals surface area (Å²) in [6.07, 6.45) is 4.70. The molecule has 30 heavy (non-hydrogen) atoms. The van der Waals surface area contributed by atoms with E-state index in [9.17, 15) is 15.2 Å². The Balaban J connectivity index is 1.90. The van der Waals surface area contributed by atoms with Crippen molar-refractivity contribution >= 4 is 23.0 Å². The fraction of sp³-hybridized carbons (Fsp3) is 0.478. The van der Waals surface area contributed by atoms with Gasteiger partial charge in [0.1, 0.15) is 0 Å². The van der Waals surface area contributed by atoms with E-state index in [0.717, 1.165) is 60.3 Å². The van der Waals surface area contributed by atoms with E-state index in [1.165, 1.54) is 4.88 Å². The average molecular weight is 426 g/mol. The first-order chi connectivity index (χ1) is 14.3. The van der Waals surface area contributed by atoms with Gasteiger partial charge >= 0.3 is 5.97 Å². The predicted octanol–water partition coefficient (Wildman–Crippen LogP) is 4.36. The molecule has 1 saturated heterocycles. The summed E-state index contributed by atoms with van der Waals surface area (Å²) in [6, 6.07) is 7.93. The number of thiophene rings is 1. The van der Waals surface area contributed by atoms with Crippen LogP contribution in [0.4, 0.5) is 5.69 Å².